The van der Waals surface area contributed by atoms with Crippen LogP contribution in [0.5, 0.6) is 0 Å². The van der Waals surface area contributed by atoms with Crippen LogP contribution >= 0.6 is 0 Å². The molecule has 6 heterocycles. The van der Waals surface area contributed by atoms with Gasteiger partial charge in [-0.1, -0.05) is 152 Å². The van der Waals surface area contributed by atoms with Gasteiger partial charge in [0.2, 0.25) is 0 Å². The standard InChI is InChI=1S/C60H35BN4/c1-4-16-36(17-5-1)37-30-56-58-57(31-37)63(39-20-8-3-9-21-39)55-35-53-47(45-27-15-25-43-41-23-11-13-29-51(41)65(53)60(43)45)33-49(55)61(58)48-32-46-44-26-14-24-42-40-22-10-12-28-50(40)64(59(42)44)52(46)34-54(48)62(56)38-18-6-2-7-19-38/h1-35H. The third-order valence-corrected chi connectivity index (χ3v) is 14.9. The van der Waals surface area contributed by atoms with Crippen LogP contribution in [0.2, 0.25) is 0 Å². The number of nitrogens with zero attached hydrogens (tertiary/aromatic N) is 4. The Hall–Kier alpha value is -8.54. The Morgan fingerprint density at radius 3 is 1.15 bits per heavy atom. The second kappa shape index (κ2) is 12.1. The van der Waals surface area contributed by atoms with Crippen LogP contribution < -0.4 is 26.2 Å². The van der Waals surface area contributed by atoms with Crippen LogP contribution in [-0.2, 0) is 0 Å². The number of hydrogen-bond acceptors (Lipinski definition) is 2. The normalized spacial score (nSPS) is 13.4. The van der Waals surface area contributed by atoms with E-state index in [0.717, 1.165) is 11.4 Å². The van der Waals surface area contributed by atoms with Crippen LogP contribution in [0.15, 0.2) is 212 Å². The van der Waals surface area contributed by atoms with Gasteiger partial charge in [0, 0.05) is 77.2 Å². The Morgan fingerprint density at radius 1 is 0.277 bits per heavy atom. The molecule has 4 aromatic heterocycles. The Kier molecular flexibility index (Phi) is 6.35. The summed E-state index contributed by atoms with van der Waals surface area (Å²) in [5, 5.41) is 10.3. The largest absolute Gasteiger partial charge is 0.311 e. The van der Waals surface area contributed by atoms with Crippen LogP contribution in [0.3, 0.4) is 0 Å². The minimum Gasteiger partial charge on any atom is -0.311 e. The Balaban J connectivity index is 1.10. The second-order valence-corrected chi connectivity index (χ2v) is 18.0. The van der Waals surface area contributed by atoms with Crippen molar-refractivity contribution in [2.24, 2.45) is 0 Å². The van der Waals surface area contributed by atoms with E-state index in [1.165, 1.54) is 126 Å². The van der Waals surface area contributed by atoms with Crippen molar-refractivity contribution in [1.29, 1.82) is 0 Å². The number of para-hydroxylation sites is 6. The molecule has 298 valence electrons. The van der Waals surface area contributed by atoms with Crippen LogP contribution in [0.1, 0.15) is 0 Å². The molecule has 5 heteroatoms. The van der Waals surface area contributed by atoms with Gasteiger partial charge in [-0.2, -0.15) is 0 Å². The van der Waals surface area contributed by atoms with E-state index in [-0.39, 0.29) is 6.71 Å². The molecule has 65 heavy (non-hydrogen) atoms. The molecular formula is C60H35BN4. The molecule has 14 aromatic rings. The fourth-order valence-electron chi connectivity index (χ4n) is 12.3. The molecule has 0 saturated carbocycles. The zero-order valence-electron chi connectivity index (χ0n) is 35.1. The molecule has 2 aliphatic heterocycles. The van der Waals surface area contributed by atoms with Crippen LogP contribution in [0.25, 0.3) is 87.3 Å². The first-order valence-electron chi connectivity index (χ1n) is 22.6. The maximum absolute atomic E-state index is 2.56. The quantitative estimate of drug-likeness (QED) is 0.165. The molecule has 0 aliphatic carbocycles. The highest BCUT2D eigenvalue weighted by Gasteiger charge is 2.45. The predicted octanol–water partition coefficient (Wildman–Crippen LogP) is 13.7. The number of hydrogen-bond donors (Lipinski definition) is 0. The number of benzene rings is 10. The van der Waals surface area contributed by atoms with Gasteiger partial charge in [0.25, 0.3) is 6.71 Å². The fourth-order valence-corrected chi connectivity index (χ4v) is 12.3. The second-order valence-electron chi connectivity index (χ2n) is 18.0. The van der Waals surface area contributed by atoms with Gasteiger partial charge in [-0.05, 0) is 88.2 Å². The summed E-state index contributed by atoms with van der Waals surface area (Å²) in [5.41, 5.74) is 21.0. The molecule has 16 rings (SSSR count). The molecule has 0 amide bonds. The Labute approximate surface area is 373 Å². The van der Waals surface area contributed by atoms with E-state index in [9.17, 15) is 0 Å². The highest BCUT2D eigenvalue weighted by Crippen LogP contribution is 2.49. The average Bonchev–Trinajstić information content (AvgIpc) is 4.10. The summed E-state index contributed by atoms with van der Waals surface area (Å²) in [6, 6.07) is 79.6. The minimum atomic E-state index is -0.0582. The summed E-state index contributed by atoms with van der Waals surface area (Å²) < 4.78 is 5.05. The van der Waals surface area contributed by atoms with Crippen LogP contribution in [-0.4, -0.2) is 15.5 Å². The molecule has 0 fully saturated rings. The molecule has 0 saturated heterocycles. The molecule has 0 N–H and O–H groups in total. The van der Waals surface area contributed by atoms with Crippen LogP contribution in [0.4, 0.5) is 34.1 Å². The van der Waals surface area contributed by atoms with Gasteiger partial charge in [0.1, 0.15) is 0 Å². The third kappa shape index (κ3) is 4.24. The monoisotopic (exact) mass is 822 g/mol. The highest BCUT2D eigenvalue weighted by atomic mass is 15.2. The molecule has 0 radical (unpaired) electrons. The summed E-state index contributed by atoms with van der Waals surface area (Å²) in [7, 11) is 0. The van der Waals surface area contributed by atoms with Gasteiger partial charge in [0.15, 0.2) is 0 Å². The smallest absolute Gasteiger partial charge is 0.252 e. The van der Waals surface area contributed by atoms with Crippen molar-refractivity contribution in [3.05, 3.63) is 212 Å². The van der Waals surface area contributed by atoms with Gasteiger partial charge in [-0.25, -0.2) is 0 Å². The zero-order chi connectivity index (χ0) is 42.1. The van der Waals surface area contributed by atoms with E-state index in [0.29, 0.717) is 0 Å². The topological polar surface area (TPSA) is 15.3 Å². The maximum atomic E-state index is 2.56. The lowest BCUT2D eigenvalue weighted by molar-refractivity contribution is 1.25. The summed E-state index contributed by atoms with van der Waals surface area (Å²) >= 11 is 0. The van der Waals surface area contributed by atoms with E-state index < -0.39 is 0 Å². The lowest BCUT2D eigenvalue weighted by Crippen LogP contribution is -2.61. The minimum absolute atomic E-state index is 0.0582. The van der Waals surface area contributed by atoms with E-state index in [4.69, 9.17) is 0 Å². The molecule has 4 nitrogen and oxygen atoms in total. The van der Waals surface area contributed by atoms with Crippen molar-refractivity contribution >= 4 is 133 Å². The third-order valence-electron chi connectivity index (χ3n) is 14.9. The first-order valence-corrected chi connectivity index (χ1v) is 22.6. The summed E-state index contributed by atoms with van der Waals surface area (Å²) in [6.07, 6.45) is 0. The van der Waals surface area contributed by atoms with Gasteiger partial charge >= 0.3 is 0 Å². The lowest BCUT2D eigenvalue weighted by atomic mass is 9.33. The van der Waals surface area contributed by atoms with Crippen LogP contribution in [0, 0.1) is 0 Å². The number of fused-ring (bicyclic) bond motifs is 16. The number of rotatable bonds is 3. The van der Waals surface area contributed by atoms with Crippen molar-refractivity contribution < 1.29 is 0 Å². The van der Waals surface area contributed by atoms with Crippen molar-refractivity contribution in [2.45, 2.75) is 0 Å². The van der Waals surface area contributed by atoms with Crippen molar-refractivity contribution in [3.63, 3.8) is 0 Å². The van der Waals surface area contributed by atoms with Gasteiger partial charge in [-0.15, -0.1) is 0 Å². The fraction of sp³-hybridized carbons (Fsp3) is 0. The van der Waals surface area contributed by atoms with E-state index in [1.807, 2.05) is 0 Å². The first-order chi connectivity index (χ1) is 32.3. The van der Waals surface area contributed by atoms with E-state index in [1.54, 1.807) is 0 Å². The lowest BCUT2D eigenvalue weighted by Gasteiger charge is -2.44. The summed E-state index contributed by atoms with van der Waals surface area (Å²) in [6.45, 7) is -0.0582. The SMILES string of the molecule is c1ccc(-c2cc3c4c(c2)N(c2ccccc2)c2cc5c(cc2B4c2cc4c6cccc7c8ccccc8n(c4cc2N3c2ccccc2)c76)c2cccc3c4ccccc4n5c32)cc1. The molecule has 0 atom stereocenters. The van der Waals surface area contributed by atoms with E-state index in [2.05, 4.69) is 231 Å². The van der Waals surface area contributed by atoms with Crippen molar-refractivity contribution in [2.75, 3.05) is 9.80 Å². The first kappa shape index (κ1) is 34.0. The number of aromatic nitrogens is 2. The average molecular weight is 823 g/mol. The molecule has 10 aromatic carbocycles. The molecular weight excluding hydrogens is 787 g/mol. The molecule has 0 bridgehead atoms. The summed E-state index contributed by atoms with van der Waals surface area (Å²) in [4.78, 5) is 5.12. The van der Waals surface area contributed by atoms with Gasteiger partial charge in [-0.3, -0.25) is 0 Å². The maximum Gasteiger partial charge on any atom is 0.252 e. The van der Waals surface area contributed by atoms with E-state index >= 15 is 0 Å². The van der Waals surface area contributed by atoms with Crippen molar-refractivity contribution in [3.8, 4) is 11.1 Å². The van der Waals surface area contributed by atoms with Gasteiger partial charge in [0.05, 0.1) is 33.1 Å². The van der Waals surface area contributed by atoms with Gasteiger partial charge < -0.3 is 18.6 Å². The molecule has 0 spiro atoms. The predicted molar refractivity (Wildman–Crippen MR) is 275 cm³/mol. The molecule has 2 aliphatic rings. The highest BCUT2D eigenvalue weighted by molar-refractivity contribution is 7.00. The summed E-state index contributed by atoms with van der Waals surface area (Å²) in [5.74, 6) is 0. The number of anilines is 6. The molecule has 0 unspecified atom stereocenters. The Morgan fingerprint density at radius 2 is 0.677 bits per heavy atom. The van der Waals surface area contributed by atoms with Crippen molar-refractivity contribution in [1.82, 2.24) is 8.80 Å². The Bertz CT molecular complexity index is 4050. The zero-order valence-corrected chi connectivity index (χ0v) is 35.1.